The Hall–Kier alpha value is -1.01. The van der Waals surface area contributed by atoms with Gasteiger partial charge in [0.25, 0.3) is 0 Å². The van der Waals surface area contributed by atoms with Crippen molar-refractivity contribution in [3.05, 3.63) is 53.6 Å². The minimum atomic E-state index is 0.664. The van der Waals surface area contributed by atoms with Gasteiger partial charge in [-0.15, -0.1) is 0 Å². The molecular formula is C10H8Cl. The molecule has 0 N–H and O–H groups in total. The number of rotatable bonds is 2. The normalized spacial score (nSPS) is 9.18. The SMILES string of the molecule is C=[C]c1cccc(C=C)c1Cl. The molecule has 0 saturated heterocycles. The summed E-state index contributed by atoms with van der Waals surface area (Å²) in [5, 5.41) is 0.664. The molecule has 1 radical (unpaired) electrons. The zero-order chi connectivity index (χ0) is 8.27. The van der Waals surface area contributed by atoms with Crippen LogP contribution in [0.15, 0.2) is 31.4 Å². The van der Waals surface area contributed by atoms with Crippen molar-refractivity contribution in [3.63, 3.8) is 0 Å². The third-order valence-electron chi connectivity index (χ3n) is 1.44. The van der Waals surface area contributed by atoms with Gasteiger partial charge in [-0.25, -0.2) is 0 Å². The third-order valence-corrected chi connectivity index (χ3v) is 1.86. The molecule has 0 spiro atoms. The maximum Gasteiger partial charge on any atom is 0.0556 e. The third kappa shape index (κ3) is 1.52. The Morgan fingerprint density at radius 3 is 2.73 bits per heavy atom. The van der Waals surface area contributed by atoms with E-state index in [1.54, 1.807) is 6.08 Å². The van der Waals surface area contributed by atoms with E-state index < -0.39 is 0 Å². The van der Waals surface area contributed by atoms with E-state index in [-0.39, 0.29) is 0 Å². The largest absolute Gasteiger partial charge is 0.0984 e. The first kappa shape index (κ1) is 8.09. The van der Waals surface area contributed by atoms with Crippen LogP contribution >= 0.6 is 11.6 Å². The summed E-state index contributed by atoms with van der Waals surface area (Å²) in [5.41, 5.74) is 1.74. The van der Waals surface area contributed by atoms with Gasteiger partial charge in [-0.05, 0) is 11.6 Å². The molecular weight excluding hydrogens is 156 g/mol. The smallest absolute Gasteiger partial charge is 0.0556 e. The molecule has 11 heavy (non-hydrogen) atoms. The molecule has 0 atom stereocenters. The molecule has 0 heterocycles. The molecule has 0 fully saturated rings. The van der Waals surface area contributed by atoms with Crippen LogP contribution in [-0.4, -0.2) is 0 Å². The number of hydrogen-bond donors (Lipinski definition) is 0. The molecule has 1 aromatic rings. The maximum atomic E-state index is 5.94. The van der Waals surface area contributed by atoms with Gasteiger partial charge in [-0.2, -0.15) is 0 Å². The zero-order valence-corrected chi connectivity index (χ0v) is 6.86. The molecule has 0 saturated carbocycles. The minimum absolute atomic E-state index is 0.664. The van der Waals surface area contributed by atoms with Crippen LogP contribution in [0.4, 0.5) is 0 Å². The molecule has 0 unspecified atom stereocenters. The van der Waals surface area contributed by atoms with Crippen molar-refractivity contribution in [2.45, 2.75) is 0 Å². The highest BCUT2D eigenvalue weighted by molar-refractivity contribution is 6.33. The van der Waals surface area contributed by atoms with Gasteiger partial charge in [-0.3, -0.25) is 0 Å². The van der Waals surface area contributed by atoms with Crippen molar-refractivity contribution >= 4 is 17.7 Å². The summed E-state index contributed by atoms with van der Waals surface area (Å²) in [7, 11) is 0. The predicted molar refractivity (Wildman–Crippen MR) is 49.5 cm³/mol. The van der Waals surface area contributed by atoms with Crippen molar-refractivity contribution in [2.75, 3.05) is 0 Å². The van der Waals surface area contributed by atoms with Gasteiger partial charge < -0.3 is 0 Å². The van der Waals surface area contributed by atoms with Crippen molar-refractivity contribution in [2.24, 2.45) is 0 Å². The molecule has 0 nitrogen and oxygen atoms in total. The molecule has 0 bridgehead atoms. The average molecular weight is 164 g/mol. The topological polar surface area (TPSA) is 0 Å². The second kappa shape index (κ2) is 3.40. The number of benzene rings is 1. The maximum absolute atomic E-state index is 5.94. The Kier molecular flexibility index (Phi) is 2.50. The molecule has 0 aliphatic rings. The molecule has 0 aliphatic carbocycles. The van der Waals surface area contributed by atoms with Crippen LogP contribution in [-0.2, 0) is 0 Å². The monoisotopic (exact) mass is 163 g/mol. The van der Waals surface area contributed by atoms with Gasteiger partial charge >= 0.3 is 0 Å². The van der Waals surface area contributed by atoms with E-state index >= 15 is 0 Å². The van der Waals surface area contributed by atoms with Gasteiger partial charge in [0.05, 0.1) is 5.02 Å². The Labute approximate surface area is 71.8 Å². The van der Waals surface area contributed by atoms with Crippen molar-refractivity contribution in [3.8, 4) is 0 Å². The van der Waals surface area contributed by atoms with Crippen molar-refractivity contribution < 1.29 is 0 Å². The fraction of sp³-hybridized carbons (Fsp3) is 0. The summed E-state index contributed by atoms with van der Waals surface area (Å²) < 4.78 is 0. The molecule has 0 aliphatic heterocycles. The summed E-state index contributed by atoms with van der Waals surface area (Å²) in [6.07, 6.45) is 4.45. The Morgan fingerprint density at radius 2 is 2.18 bits per heavy atom. The van der Waals surface area contributed by atoms with E-state index in [2.05, 4.69) is 19.2 Å². The minimum Gasteiger partial charge on any atom is -0.0984 e. The van der Waals surface area contributed by atoms with Crippen molar-refractivity contribution in [1.82, 2.24) is 0 Å². The van der Waals surface area contributed by atoms with Crippen LogP contribution in [0.1, 0.15) is 11.1 Å². The molecule has 1 aromatic carbocycles. The molecule has 1 heteroatoms. The number of halogens is 1. The first-order chi connectivity index (χ1) is 5.29. The van der Waals surface area contributed by atoms with Gasteiger partial charge in [0.15, 0.2) is 0 Å². The summed E-state index contributed by atoms with van der Waals surface area (Å²) in [6, 6.07) is 5.66. The lowest BCUT2D eigenvalue weighted by molar-refractivity contribution is 1.56. The van der Waals surface area contributed by atoms with Gasteiger partial charge in [0, 0.05) is 5.56 Å². The summed E-state index contributed by atoms with van der Waals surface area (Å²) in [4.78, 5) is 0. The molecule has 0 amide bonds. The first-order valence-corrected chi connectivity index (χ1v) is 3.61. The lowest BCUT2D eigenvalue weighted by atomic mass is 10.1. The average Bonchev–Trinajstić information content (AvgIpc) is 2.05. The predicted octanol–water partition coefficient (Wildman–Crippen LogP) is 3.32. The Bertz CT molecular complexity index is 261. The molecule has 0 aromatic heterocycles. The van der Waals surface area contributed by atoms with Crippen LogP contribution in [0.3, 0.4) is 0 Å². The van der Waals surface area contributed by atoms with Gasteiger partial charge in [0.2, 0.25) is 0 Å². The van der Waals surface area contributed by atoms with E-state index in [1.165, 1.54) is 0 Å². The second-order valence-corrected chi connectivity index (χ2v) is 2.47. The van der Waals surface area contributed by atoms with E-state index in [0.29, 0.717) is 5.02 Å². The highest BCUT2D eigenvalue weighted by Gasteiger charge is 1.98. The fourth-order valence-electron chi connectivity index (χ4n) is 0.844. The highest BCUT2D eigenvalue weighted by Crippen LogP contribution is 2.21. The van der Waals surface area contributed by atoms with E-state index in [9.17, 15) is 0 Å². The lowest BCUT2D eigenvalue weighted by Gasteiger charge is -2.00. The van der Waals surface area contributed by atoms with E-state index in [1.807, 2.05) is 18.2 Å². The standard InChI is InChI=1S/C10H8Cl/c1-3-8-6-5-7-9(4-2)10(8)11/h3,5-7H,1-2H2. The van der Waals surface area contributed by atoms with Gasteiger partial charge in [-0.1, -0.05) is 49.0 Å². The van der Waals surface area contributed by atoms with E-state index in [0.717, 1.165) is 11.1 Å². The van der Waals surface area contributed by atoms with Crippen LogP contribution < -0.4 is 0 Å². The molecule has 1 rings (SSSR count). The first-order valence-electron chi connectivity index (χ1n) is 3.23. The summed E-state index contributed by atoms with van der Waals surface area (Å²) in [6.45, 7) is 7.16. The van der Waals surface area contributed by atoms with Gasteiger partial charge in [0.1, 0.15) is 0 Å². The van der Waals surface area contributed by atoms with Crippen LogP contribution in [0.5, 0.6) is 0 Å². The Morgan fingerprint density at radius 1 is 1.45 bits per heavy atom. The van der Waals surface area contributed by atoms with E-state index in [4.69, 9.17) is 11.6 Å². The summed E-state index contributed by atoms with van der Waals surface area (Å²) >= 11 is 5.94. The zero-order valence-electron chi connectivity index (χ0n) is 6.10. The van der Waals surface area contributed by atoms with Crippen molar-refractivity contribution in [1.29, 1.82) is 0 Å². The van der Waals surface area contributed by atoms with Crippen LogP contribution in [0, 0.1) is 6.08 Å². The summed E-state index contributed by atoms with van der Waals surface area (Å²) in [5.74, 6) is 0. The Balaban J connectivity index is 3.30. The highest BCUT2D eigenvalue weighted by atomic mass is 35.5. The molecule has 55 valence electrons. The second-order valence-electron chi connectivity index (χ2n) is 2.09. The lowest BCUT2D eigenvalue weighted by Crippen LogP contribution is -1.79. The quantitative estimate of drug-likeness (QED) is 0.628. The van der Waals surface area contributed by atoms with Crippen LogP contribution in [0.25, 0.3) is 6.08 Å². The fourth-order valence-corrected chi connectivity index (χ4v) is 1.11. The van der Waals surface area contributed by atoms with Crippen LogP contribution in [0.2, 0.25) is 5.02 Å². The number of hydrogen-bond acceptors (Lipinski definition) is 0.